The number of fused-ring (bicyclic) bond motifs is 1. The first-order valence-electron chi connectivity index (χ1n) is 8.81. The summed E-state index contributed by atoms with van der Waals surface area (Å²) >= 11 is 0. The van der Waals surface area contributed by atoms with Crippen LogP contribution in [0.2, 0.25) is 0 Å². The molecule has 1 spiro atoms. The molecule has 0 amide bonds. The Hall–Kier alpha value is -2.30. The van der Waals surface area contributed by atoms with Crippen LogP contribution in [0.5, 0.6) is 11.5 Å². The molecule has 1 aromatic heterocycles. The molecule has 1 unspecified atom stereocenters. The van der Waals surface area contributed by atoms with E-state index in [-0.39, 0.29) is 11.3 Å². The van der Waals surface area contributed by atoms with Crippen molar-refractivity contribution in [3.63, 3.8) is 0 Å². The molecule has 1 aromatic carbocycles. The standard InChI is InChI=1S/C20H23NO4/c1-24-17-9-14-13(5-8-21-16(14)10-18(17)25-2)12-3-6-20(7-4-12)11-15(20)19(22)23/h5,8-10,12,15H,3-4,6-7,11H2,1-2H3,(H,22,23). The Bertz CT molecular complexity index is 824. The fraction of sp³-hybridized carbons (Fsp3) is 0.500. The number of carbonyl (C=O) groups is 1. The minimum atomic E-state index is -0.621. The molecule has 4 rings (SSSR count). The predicted octanol–water partition coefficient (Wildman–Crippen LogP) is 4.00. The predicted molar refractivity (Wildman–Crippen MR) is 94.2 cm³/mol. The summed E-state index contributed by atoms with van der Waals surface area (Å²) in [6, 6.07) is 6.03. The lowest BCUT2D eigenvalue weighted by atomic mass is 9.75. The third-order valence-electron chi connectivity index (χ3n) is 6.19. The summed E-state index contributed by atoms with van der Waals surface area (Å²) in [7, 11) is 3.27. The van der Waals surface area contributed by atoms with Crippen molar-refractivity contribution in [1.29, 1.82) is 0 Å². The van der Waals surface area contributed by atoms with Gasteiger partial charge in [-0.1, -0.05) is 0 Å². The molecule has 1 heterocycles. The molecule has 5 heteroatoms. The molecule has 2 fully saturated rings. The van der Waals surface area contributed by atoms with Crippen LogP contribution in [0.15, 0.2) is 24.4 Å². The third kappa shape index (κ3) is 2.62. The molecule has 2 saturated carbocycles. The van der Waals surface area contributed by atoms with Crippen LogP contribution in [-0.2, 0) is 4.79 Å². The smallest absolute Gasteiger partial charge is 0.307 e. The number of hydrogen-bond donors (Lipinski definition) is 1. The normalized spacial score (nSPS) is 28.1. The first-order valence-corrected chi connectivity index (χ1v) is 8.81. The van der Waals surface area contributed by atoms with E-state index in [1.54, 1.807) is 14.2 Å². The van der Waals surface area contributed by atoms with Gasteiger partial charge in [0.15, 0.2) is 11.5 Å². The van der Waals surface area contributed by atoms with Gasteiger partial charge in [-0.25, -0.2) is 0 Å². The second kappa shape index (κ2) is 5.90. The first-order chi connectivity index (χ1) is 12.1. The zero-order valence-corrected chi connectivity index (χ0v) is 14.6. The SMILES string of the molecule is COc1cc2nccc(C3CCC4(CC3)CC4C(=O)O)c2cc1OC. The maximum atomic E-state index is 11.3. The lowest BCUT2D eigenvalue weighted by Gasteiger charge is -2.30. The minimum Gasteiger partial charge on any atom is -0.493 e. The molecule has 2 aromatic rings. The van der Waals surface area contributed by atoms with Crippen molar-refractivity contribution < 1.29 is 19.4 Å². The fourth-order valence-corrected chi connectivity index (χ4v) is 4.60. The number of nitrogens with zero attached hydrogens (tertiary/aromatic N) is 1. The van der Waals surface area contributed by atoms with Crippen molar-refractivity contribution in [2.45, 2.75) is 38.0 Å². The number of rotatable bonds is 4. The van der Waals surface area contributed by atoms with Gasteiger partial charge < -0.3 is 14.6 Å². The summed E-state index contributed by atoms with van der Waals surface area (Å²) in [6.45, 7) is 0. The van der Waals surface area contributed by atoms with E-state index in [4.69, 9.17) is 9.47 Å². The Balaban J connectivity index is 1.63. The molecule has 2 aliphatic carbocycles. The number of methoxy groups -OCH3 is 2. The maximum absolute atomic E-state index is 11.3. The average molecular weight is 341 g/mol. The highest BCUT2D eigenvalue weighted by atomic mass is 16.5. The topological polar surface area (TPSA) is 68.7 Å². The maximum Gasteiger partial charge on any atom is 0.307 e. The van der Waals surface area contributed by atoms with E-state index in [2.05, 4.69) is 11.1 Å². The number of aromatic nitrogens is 1. The van der Waals surface area contributed by atoms with Gasteiger partial charge >= 0.3 is 5.97 Å². The minimum absolute atomic E-state index is 0.0755. The van der Waals surface area contributed by atoms with Gasteiger partial charge in [-0.3, -0.25) is 9.78 Å². The van der Waals surface area contributed by atoms with Crippen molar-refractivity contribution in [2.24, 2.45) is 11.3 Å². The van der Waals surface area contributed by atoms with E-state index in [1.807, 2.05) is 18.3 Å². The van der Waals surface area contributed by atoms with Crippen LogP contribution in [0.1, 0.15) is 43.6 Å². The van der Waals surface area contributed by atoms with Gasteiger partial charge in [0.05, 0.1) is 25.7 Å². The largest absolute Gasteiger partial charge is 0.493 e. The number of hydrogen-bond acceptors (Lipinski definition) is 4. The van der Waals surface area contributed by atoms with Gasteiger partial charge in [0, 0.05) is 17.6 Å². The lowest BCUT2D eigenvalue weighted by molar-refractivity contribution is -0.139. The molecule has 5 nitrogen and oxygen atoms in total. The summed E-state index contributed by atoms with van der Waals surface area (Å²) in [6.07, 6.45) is 6.80. The summed E-state index contributed by atoms with van der Waals surface area (Å²) in [5.74, 6) is 1.11. The summed E-state index contributed by atoms with van der Waals surface area (Å²) in [5, 5.41) is 10.4. The van der Waals surface area contributed by atoms with E-state index in [9.17, 15) is 9.90 Å². The van der Waals surface area contributed by atoms with Gasteiger partial charge in [0.1, 0.15) is 0 Å². The molecule has 132 valence electrons. The fourth-order valence-electron chi connectivity index (χ4n) is 4.60. The molecule has 0 aliphatic heterocycles. The molecule has 0 bridgehead atoms. The highest BCUT2D eigenvalue weighted by Crippen LogP contribution is 2.63. The molecule has 25 heavy (non-hydrogen) atoms. The molecule has 1 atom stereocenters. The van der Waals surface area contributed by atoms with Crippen molar-refractivity contribution in [2.75, 3.05) is 14.2 Å². The monoisotopic (exact) mass is 341 g/mol. The van der Waals surface area contributed by atoms with Gasteiger partial charge in [-0.2, -0.15) is 0 Å². The number of pyridine rings is 1. The second-order valence-electron chi connectivity index (χ2n) is 7.36. The van der Waals surface area contributed by atoms with E-state index < -0.39 is 5.97 Å². The first kappa shape index (κ1) is 16.2. The molecule has 2 aliphatic rings. The van der Waals surface area contributed by atoms with Gasteiger partial charge in [-0.05, 0) is 61.1 Å². The summed E-state index contributed by atoms with van der Waals surface area (Å²) < 4.78 is 10.8. The number of ether oxygens (including phenoxy) is 2. The number of benzene rings is 1. The highest BCUT2D eigenvalue weighted by Gasteiger charge is 2.58. The van der Waals surface area contributed by atoms with Crippen LogP contribution < -0.4 is 9.47 Å². The second-order valence-corrected chi connectivity index (χ2v) is 7.36. The highest BCUT2D eigenvalue weighted by molar-refractivity contribution is 5.86. The Morgan fingerprint density at radius 3 is 2.48 bits per heavy atom. The van der Waals surface area contributed by atoms with Crippen molar-refractivity contribution in [3.05, 3.63) is 30.0 Å². The van der Waals surface area contributed by atoms with Gasteiger partial charge in [-0.15, -0.1) is 0 Å². The Morgan fingerprint density at radius 1 is 1.20 bits per heavy atom. The average Bonchev–Trinajstić information content (AvgIpc) is 3.34. The van der Waals surface area contributed by atoms with E-state index in [1.165, 1.54) is 5.56 Å². The summed E-state index contributed by atoms with van der Waals surface area (Å²) in [4.78, 5) is 15.7. The number of aliphatic carboxylic acids is 1. The third-order valence-corrected chi connectivity index (χ3v) is 6.19. The van der Waals surface area contributed by atoms with Crippen LogP contribution in [0, 0.1) is 11.3 Å². The molecule has 0 saturated heterocycles. The quantitative estimate of drug-likeness (QED) is 0.910. The number of carboxylic acids is 1. The van der Waals surface area contributed by atoms with Crippen LogP contribution in [0.3, 0.4) is 0 Å². The molecule has 1 N–H and O–H groups in total. The summed E-state index contributed by atoms with van der Waals surface area (Å²) in [5.41, 5.74) is 2.27. The van der Waals surface area contributed by atoms with Crippen LogP contribution in [0.4, 0.5) is 0 Å². The van der Waals surface area contributed by atoms with Crippen molar-refractivity contribution in [1.82, 2.24) is 4.98 Å². The van der Waals surface area contributed by atoms with Crippen molar-refractivity contribution in [3.8, 4) is 11.5 Å². The van der Waals surface area contributed by atoms with E-state index in [0.29, 0.717) is 17.4 Å². The number of carboxylic acid groups (broad SMARTS) is 1. The Morgan fingerprint density at radius 2 is 1.88 bits per heavy atom. The Labute approximate surface area is 147 Å². The van der Waals surface area contributed by atoms with Crippen molar-refractivity contribution >= 4 is 16.9 Å². The lowest BCUT2D eigenvalue weighted by Crippen LogP contribution is -2.18. The molecular weight excluding hydrogens is 318 g/mol. The zero-order valence-electron chi connectivity index (χ0n) is 14.6. The zero-order chi connectivity index (χ0) is 17.6. The molecular formula is C20H23NO4. The van der Waals surface area contributed by atoms with Gasteiger partial charge in [0.2, 0.25) is 0 Å². The van der Waals surface area contributed by atoms with Crippen LogP contribution in [0.25, 0.3) is 10.9 Å². The van der Waals surface area contributed by atoms with Crippen LogP contribution >= 0.6 is 0 Å². The van der Waals surface area contributed by atoms with E-state index >= 15 is 0 Å². The Kier molecular flexibility index (Phi) is 3.82. The molecule has 0 radical (unpaired) electrons. The van der Waals surface area contributed by atoms with E-state index in [0.717, 1.165) is 43.0 Å². The van der Waals surface area contributed by atoms with Gasteiger partial charge in [0.25, 0.3) is 0 Å². The van der Waals surface area contributed by atoms with Crippen LogP contribution in [-0.4, -0.2) is 30.3 Å².